The van der Waals surface area contributed by atoms with Gasteiger partial charge in [-0.3, -0.25) is 25.8 Å². The van der Waals surface area contributed by atoms with Gasteiger partial charge in [-0.05, 0) is 48.1 Å². The molecule has 0 aliphatic heterocycles. The minimum atomic E-state index is -0.512. The Balaban J connectivity index is 1.73. The highest BCUT2D eigenvalue weighted by molar-refractivity contribution is 9.10. The Kier molecular flexibility index (Phi) is 8.72. The van der Waals surface area contributed by atoms with Gasteiger partial charge < -0.3 is 4.74 Å². The number of rotatable bonds is 5. The summed E-state index contributed by atoms with van der Waals surface area (Å²) in [6.07, 6.45) is 2.82. The number of benzene rings is 2. The van der Waals surface area contributed by atoms with E-state index in [4.69, 9.17) is 40.2 Å². The quantitative estimate of drug-likeness (QED) is 0.328. The molecule has 0 fully saturated rings. The zero-order valence-electron chi connectivity index (χ0n) is 14.2. The van der Waals surface area contributed by atoms with Crippen molar-refractivity contribution < 1.29 is 14.3 Å². The summed E-state index contributed by atoms with van der Waals surface area (Å²) in [5.74, 6) is -0.632. The number of ether oxygens (including phenoxy) is 1. The largest absolute Gasteiger partial charge is 0.482 e. The number of thiocarbonyl (C=S) groups is 1. The third-order valence-electron chi connectivity index (χ3n) is 3.12. The number of hydrogen-bond acceptors (Lipinski definition) is 4. The van der Waals surface area contributed by atoms with Gasteiger partial charge in [-0.25, -0.2) is 0 Å². The summed E-state index contributed by atoms with van der Waals surface area (Å²) < 4.78 is 6.10. The van der Waals surface area contributed by atoms with Gasteiger partial charge in [0.15, 0.2) is 11.7 Å². The van der Waals surface area contributed by atoms with E-state index >= 15 is 0 Å². The van der Waals surface area contributed by atoms with Crippen LogP contribution in [0, 0.1) is 0 Å². The fraction of sp³-hybridized carbons (Fsp3) is 0.0556. The lowest BCUT2D eigenvalue weighted by atomic mass is 10.2. The molecule has 0 saturated carbocycles. The van der Waals surface area contributed by atoms with Crippen molar-refractivity contribution in [1.29, 1.82) is 0 Å². The van der Waals surface area contributed by atoms with Crippen LogP contribution in [0.4, 0.5) is 0 Å². The van der Waals surface area contributed by atoms with E-state index in [0.29, 0.717) is 21.4 Å². The summed E-state index contributed by atoms with van der Waals surface area (Å²) in [5.41, 5.74) is 5.40. The Labute approximate surface area is 185 Å². The maximum Gasteiger partial charge on any atom is 0.276 e. The summed E-state index contributed by atoms with van der Waals surface area (Å²) in [6.45, 7) is -0.294. The van der Waals surface area contributed by atoms with Crippen molar-refractivity contribution in [2.24, 2.45) is 0 Å². The van der Waals surface area contributed by atoms with Gasteiger partial charge in [0, 0.05) is 15.6 Å². The first kappa shape index (κ1) is 22.2. The number of hydrogen-bond donors (Lipinski definition) is 3. The van der Waals surface area contributed by atoms with Crippen molar-refractivity contribution in [3.8, 4) is 5.75 Å². The number of nitrogens with one attached hydrogen (secondary N) is 3. The topological polar surface area (TPSA) is 79.5 Å². The van der Waals surface area contributed by atoms with Crippen LogP contribution in [0.25, 0.3) is 6.08 Å². The molecule has 0 aliphatic rings. The number of halogens is 3. The smallest absolute Gasteiger partial charge is 0.276 e. The lowest BCUT2D eigenvalue weighted by Gasteiger charge is -2.11. The highest BCUT2D eigenvalue weighted by Crippen LogP contribution is 2.27. The first-order valence-electron chi connectivity index (χ1n) is 7.75. The number of hydrazine groups is 1. The molecule has 2 aromatic rings. The molecule has 2 aromatic carbocycles. The molecule has 0 atom stereocenters. The van der Waals surface area contributed by atoms with Crippen LogP contribution in [0.1, 0.15) is 5.56 Å². The van der Waals surface area contributed by atoms with Gasteiger partial charge in [0.2, 0.25) is 5.91 Å². The van der Waals surface area contributed by atoms with Crippen molar-refractivity contribution in [3.63, 3.8) is 0 Å². The van der Waals surface area contributed by atoms with Crippen LogP contribution < -0.4 is 20.9 Å². The minimum Gasteiger partial charge on any atom is -0.482 e. The van der Waals surface area contributed by atoms with Crippen molar-refractivity contribution >= 4 is 74.4 Å². The van der Waals surface area contributed by atoms with Gasteiger partial charge in [0.25, 0.3) is 5.91 Å². The highest BCUT2D eigenvalue weighted by Gasteiger charge is 2.07. The molecule has 0 spiro atoms. The van der Waals surface area contributed by atoms with Gasteiger partial charge in [-0.1, -0.05) is 57.3 Å². The summed E-state index contributed by atoms with van der Waals surface area (Å²) in [6, 6.07) is 12.1. The maximum absolute atomic E-state index is 11.8. The van der Waals surface area contributed by atoms with Gasteiger partial charge >= 0.3 is 0 Å². The van der Waals surface area contributed by atoms with Gasteiger partial charge in [-0.2, -0.15) is 0 Å². The van der Waals surface area contributed by atoms with Crippen molar-refractivity contribution in [2.45, 2.75) is 0 Å². The third kappa shape index (κ3) is 7.47. The molecule has 3 N–H and O–H groups in total. The van der Waals surface area contributed by atoms with Crippen molar-refractivity contribution in [3.05, 3.63) is 68.6 Å². The molecular weight excluding hydrogens is 489 g/mol. The molecule has 0 heterocycles. The Morgan fingerprint density at radius 3 is 2.57 bits per heavy atom. The summed E-state index contributed by atoms with van der Waals surface area (Å²) in [5, 5.41) is 3.19. The number of amides is 2. The second-order valence-electron chi connectivity index (χ2n) is 5.21. The molecule has 2 rings (SSSR count). The molecule has 0 saturated heterocycles. The SMILES string of the molecule is O=C(C=Cc1ccccc1Cl)NC(=S)NNC(=O)COc1ccc(Br)cc1Cl. The van der Waals surface area contributed by atoms with E-state index in [9.17, 15) is 9.59 Å². The van der Waals surface area contributed by atoms with Crippen LogP contribution in [-0.4, -0.2) is 23.5 Å². The first-order chi connectivity index (χ1) is 13.3. The van der Waals surface area contributed by atoms with Crippen molar-refractivity contribution in [2.75, 3.05) is 6.61 Å². The predicted octanol–water partition coefficient (Wildman–Crippen LogP) is 3.87. The monoisotopic (exact) mass is 501 g/mol. The minimum absolute atomic E-state index is 0.0798. The molecule has 0 aliphatic carbocycles. The van der Waals surface area contributed by atoms with Gasteiger partial charge in [-0.15, -0.1) is 0 Å². The van der Waals surface area contributed by atoms with E-state index in [1.165, 1.54) is 6.08 Å². The normalized spacial score (nSPS) is 10.4. The van der Waals surface area contributed by atoms with Crippen LogP contribution in [-0.2, 0) is 9.59 Å². The molecule has 0 radical (unpaired) electrons. The predicted molar refractivity (Wildman–Crippen MR) is 117 cm³/mol. The van der Waals surface area contributed by atoms with Gasteiger partial charge in [0.1, 0.15) is 5.75 Å². The molecule has 28 heavy (non-hydrogen) atoms. The van der Waals surface area contributed by atoms with E-state index in [1.54, 1.807) is 48.5 Å². The van der Waals surface area contributed by atoms with Crippen LogP contribution in [0.15, 0.2) is 53.0 Å². The Morgan fingerprint density at radius 2 is 1.86 bits per heavy atom. The summed E-state index contributed by atoms with van der Waals surface area (Å²) >= 11 is 20.2. The lowest BCUT2D eigenvalue weighted by Crippen LogP contribution is -2.49. The van der Waals surface area contributed by atoms with E-state index in [0.717, 1.165) is 4.47 Å². The fourth-order valence-corrected chi connectivity index (χ4v) is 2.94. The maximum atomic E-state index is 11.8. The van der Waals surface area contributed by atoms with Crippen LogP contribution >= 0.6 is 51.3 Å². The van der Waals surface area contributed by atoms with Crippen LogP contribution in [0.5, 0.6) is 5.75 Å². The Morgan fingerprint density at radius 1 is 1.11 bits per heavy atom. The van der Waals surface area contributed by atoms with E-state index in [-0.39, 0.29) is 11.7 Å². The molecule has 10 heteroatoms. The third-order valence-corrected chi connectivity index (χ3v) is 4.46. The molecule has 0 aromatic heterocycles. The number of carbonyl (C=O) groups is 2. The highest BCUT2D eigenvalue weighted by atomic mass is 79.9. The lowest BCUT2D eigenvalue weighted by molar-refractivity contribution is -0.123. The molecule has 6 nitrogen and oxygen atoms in total. The second-order valence-corrected chi connectivity index (χ2v) is 7.35. The molecule has 2 amide bonds. The number of carbonyl (C=O) groups excluding carboxylic acids is 2. The van der Waals surface area contributed by atoms with Crippen LogP contribution in [0.2, 0.25) is 10.0 Å². The van der Waals surface area contributed by atoms with Crippen molar-refractivity contribution in [1.82, 2.24) is 16.2 Å². The molecule has 0 unspecified atom stereocenters. The van der Waals surface area contributed by atoms with Crippen LogP contribution in [0.3, 0.4) is 0 Å². The van der Waals surface area contributed by atoms with E-state index in [1.807, 2.05) is 0 Å². The molecular formula is C18H14BrCl2N3O3S. The average Bonchev–Trinajstić information content (AvgIpc) is 2.65. The zero-order valence-corrected chi connectivity index (χ0v) is 18.1. The standard InChI is InChI=1S/C18H14BrCl2N3O3S/c19-12-6-7-15(14(21)9-12)27-10-17(26)23-24-18(28)22-16(25)8-5-11-3-1-2-4-13(11)20/h1-9H,10H2,(H,23,26)(H2,22,24,25,28). The second kappa shape index (κ2) is 11.0. The Bertz CT molecular complexity index is 925. The fourth-order valence-electron chi connectivity index (χ4n) is 1.86. The molecule has 0 bridgehead atoms. The first-order valence-corrected chi connectivity index (χ1v) is 9.71. The molecule has 146 valence electrons. The zero-order chi connectivity index (χ0) is 20.5. The summed E-state index contributed by atoms with van der Waals surface area (Å²) in [7, 11) is 0. The van der Waals surface area contributed by atoms with Gasteiger partial charge in [0.05, 0.1) is 5.02 Å². The summed E-state index contributed by atoms with van der Waals surface area (Å²) in [4.78, 5) is 23.6. The van der Waals surface area contributed by atoms with E-state index in [2.05, 4.69) is 32.1 Å². The average molecular weight is 503 g/mol. The van der Waals surface area contributed by atoms with E-state index < -0.39 is 11.8 Å². The Hall–Kier alpha value is -2.13.